The van der Waals surface area contributed by atoms with Gasteiger partial charge < -0.3 is 9.88 Å². The molecule has 2 aromatic rings. The summed E-state index contributed by atoms with van der Waals surface area (Å²) in [7, 11) is 3.39. The van der Waals surface area contributed by atoms with Crippen LogP contribution in [-0.4, -0.2) is 17.3 Å². The molecule has 2 nitrogen and oxygen atoms in total. The highest BCUT2D eigenvalue weighted by atomic mass is 31.0. The molecule has 0 aliphatic heterocycles. The lowest BCUT2D eigenvalue weighted by molar-refractivity contribution is 0.0854. The van der Waals surface area contributed by atoms with Crippen molar-refractivity contribution in [3.8, 4) is 0 Å². The number of benzene rings is 1. The molecule has 86 valence electrons. The fourth-order valence-corrected chi connectivity index (χ4v) is 1.92. The molecule has 2 rings (SSSR count). The normalized spacial score (nSPS) is 12.0. The van der Waals surface area contributed by atoms with Crippen LogP contribution in [0.5, 0.6) is 0 Å². The van der Waals surface area contributed by atoms with E-state index in [1.54, 1.807) is 20.0 Å². The predicted molar refractivity (Wildman–Crippen MR) is 66.1 cm³/mol. The standard InChI is InChI=1S/C11H13F2N2P/c1-14-9-2-3-10-8(6-9)4-5-15(10)7-11(12,13)16/h2-6,14H,7,16H2,1H3. The molecule has 16 heavy (non-hydrogen) atoms. The summed E-state index contributed by atoms with van der Waals surface area (Å²) in [5.41, 5.74) is -0.975. The van der Waals surface area contributed by atoms with Crippen LogP contribution in [0.2, 0.25) is 0 Å². The summed E-state index contributed by atoms with van der Waals surface area (Å²) in [6.45, 7) is -0.319. The molecule has 1 unspecified atom stereocenters. The zero-order chi connectivity index (χ0) is 11.8. The summed E-state index contributed by atoms with van der Waals surface area (Å²) < 4.78 is 27.3. The van der Waals surface area contributed by atoms with E-state index in [4.69, 9.17) is 0 Å². The minimum Gasteiger partial charge on any atom is -0.388 e. The lowest BCUT2D eigenvalue weighted by atomic mass is 10.2. The molecule has 0 bridgehead atoms. The lowest BCUT2D eigenvalue weighted by Gasteiger charge is -2.12. The van der Waals surface area contributed by atoms with Crippen LogP contribution in [0.25, 0.3) is 10.9 Å². The molecule has 0 aliphatic carbocycles. The van der Waals surface area contributed by atoms with Crippen molar-refractivity contribution in [2.24, 2.45) is 0 Å². The van der Waals surface area contributed by atoms with Gasteiger partial charge in [0.2, 0.25) is 0 Å². The molecule has 0 saturated carbocycles. The van der Waals surface area contributed by atoms with E-state index in [1.807, 2.05) is 31.3 Å². The van der Waals surface area contributed by atoms with Gasteiger partial charge in [0.1, 0.15) is 0 Å². The number of aromatic nitrogens is 1. The van der Waals surface area contributed by atoms with E-state index >= 15 is 0 Å². The van der Waals surface area contributed by atoms with Gasteiger partial charge >= 0.3 is 0 Å². The van der Waals surface area contributed by atoms with Gasteiger partial charge in [0.25, 0.3) is 5.66 Å². The van der Waals surface area contributed by atoms with E-state index in [0.717, 1.165) is 16.6 Å². The summed E-state index contributed by atoms with van der Waals surface area (Å²) in [6.07, 6.45) is 1.68. The van der Waals surface area contributed by atoms with Crippen molar-refractivity contribution in [3.63, 3.8) is 0 Å². The van der Waals surface area contributed by atoms with Gasteiger partial charge in [-0.15, -0.1) is 0 Å². The Morgan fingerprint density at radius 2 is 2.12 bits per heavy atom. The summed E-state index contributed by atoms with van der Waals surface area (Å²) in [4.78, 5) is 0. The first-order valence-corrected chi connectivity index (χ1v) is 5.51. The Morgan fingerprint density at radius 1 is 1.38 bits per heavy atom. The summed E-state index contributed by atoms with van der Waals surface area (Å²) in [5, 5.41) is 3.97. The smallest absolute Gasteiger partial charge is 0.276 e. The first-order chi connectivity index (χ1) is 7.49. The molecule has 1 aromatic heterocycles. The maximum absolute atomic E-state index is 12.9. The van der Waals surface area contributed by atoms with E-state index < -0.39 is 5.66 Å². The third-order valence-electron chi connectivity index (χ3n) is 2.44. The topological polar surface area (TPSA) is 17.0 Å². The first-order valence-electron chi connectivity index (χ1n) is 4.93. The van der Waals surface area contributed by atoms with Crippen molar-refractivity contribution in [2.75, 3.05) is 12.4 Å². The molecule has 1 atom stereocenters. The average molecular weight is 242 g/mol. The van der Waals surface area contributed by atoms with Gasteiger partial charge in [-0.2, -0.15) is 0 Å². The van der Waals surface area contributed by atoms with Crippen molar-refractivity contribution in [1.82, 2.24) is 4.57 Å². The van der Waals surface area contributed by atoms with Crippen molar-refractivity contribution in [2.45, 2.75) is 12.2 Å². The minimum atomic E-state index is -2.77. The highest BCUT2D eigenvalue weighted by molar-refractivity contribution is 7.18. The summed E-state index contributed by atoms with van der Waals surface area (Å²) in [6, 6.07) is 7.50. The largest absolute Gasteiger partial charge is 0.388 e. The van der Waals surface area contributed by atoms with Crippen LogP contribution in [0.4, 0.5) is 14.5 Å². The number of rotatable bonds is 3. The molecule has 5 heteroatoms. The van der Waals surface area contributed by atoms with Crippen LogP contribution in [0, 0.1) is 0 Å². The number of alkyl halides is 2. The van der Waals surface area contributed by atoms with Gasteiger partial charge in [-0.05, 0) is 24.3 Å². The number of fused-ring (bicyclic) bond motifs is 1. The molecule has 1 aromatic carbocycles. The molecule has 0 aliphatic rings. The Balaban J connectivity index is 2.42. The van der Waals surface area contributed by atoms with E-state index in [2.05, 4.69) is 5.32 Å². The van der Waals surface area contributed by atoms with Crippen LogP contribution in [0.3, 0.4) is 0 Å². The van der Waals surface area contributed by atoms with E-state index in [0.29, 0.717) is 0 Å². The molecular formula is C11H13F2N2P. The van der Waals surface area contributed by atoms with Gasteiger partial charge in [0, 0.05) is 29.8 Å². The van der Waals surface area contributed by atoms with Gasteiger partial charge in [0.15, 0.2) is 0 Å². The highest BCUT2D eigenvalue weighted by Gasteiger charge is 2.22. The van der Waals surface area contributed by atoms with E-state index in [9.17, 15) is 8.78 Å². The van der Waals surface area contributed by atoms with Crippen molar-refractivity contribution in [1.29, 1.82) is 0 Å². The molecular weight excluding hydrogens is 229 g/mol. The number of halogens is 2. The third kappa shape index (κ3) is 2.33. The van der Waals surface area contributed by atoms with Gasteiger partial charge in [-0.3, -0.25) is 0 Å². The third-order valence-corrected chi connectivity index (χ3v) is 2.62. The molecule has 1 N–H and O–H groups in total. The Hall–Kier alpha value is -1.15. The second-order valence-electron chi connectivity index (χ2n) is 3.73. The molecule has 0 saturated heterocycles. The average Bonchev–Trinajstić information content (AvgIpc) is 2.58. The second-order valence-corrected chi connectivity index (χ2v) is 4.57. The number of hydrogen-bond donors (Lipinski definition) is 1. The second kappa shape index (κ2) is 4.02. The van der Waals surface area contributed by atoms with Crippen molar-refractivity contribution < 1.29 is 8.78 Å². The first kappa shape index (κ1) is 11.3. The number of anilines is 1. The van der Waals surface area contributed by atoms with Crippen LogP contribution >= 0.6 is 9.24 Å². The fraction of sp³-hybridized carbons (Fsp3) is 0.273. The monoisotopic (exact) mass is 242 g/mol. The Labute approximate surface area is 94.8 Å². The van der Waals surface area contributed by atoms with E-state index in [1.165, 1.54) is 0 Å². The lowest BCUT2D eigenvalue weighted by Crippen LogP contribution is -2.14. The van der Waals surface area contributed by atoms with Crippen LogP contribution in [0.1, 0.15) is 0 Å². The van der Waals surface area contributed by atoms with Gasteiger partial charge in [-0.1, -0.05) is 9.24 Å². The molecule has 1 heterocycles. The quantitative estimate of drug-likeness (QED) is 0.818. The molecule has 0 fully saturated rings. The maximum atomic E-state index is 12.9. The molecule has 0 amide bonds. The highest BCUT2D eigenvalue weighted by Crippen LogP contribution is 2.27. The summed E-state index contributed by atoms with van der Waals surface area (Å²) in [5.74, 6) is 0. The number of hydrogen-bond acceptors (Lipinski definition) is 1. The number of nitrogens with zero attached hydrogens (tertiary/aromatic N) is 1. The van der Waals surface area contributed by atoms with Crippen molar-refractivity contribution >= 4 is 25.8 Å². The van der Waals surface area contributed by atoms with Gasteiger partial charge in [0.05, 0.1) is 6.54 Å². The maximum Gasteiger partial charge on any atom is 0.276 e. The number of nitrogens with one attached hydrogen (secondary N) is 1. The SMILES string of the molecule is CNc1ccc2c(ccn2CC(F)(F)P)c1. The van der Waals surface area contributed by atoms with Crippen LogP contribution in [-0.2, 0) is 6.54 Å². The minimum absolute atomic E-state index is 0.319. The predicted octanol–water partition coefficient (Wildman–Crippen LogP) is 3.15. The van der Waals surface area contributed by atoms with E-state index in [-0.39, 0.29) is 6.54 Å². The Bertz CT molecular complexity index is 502. The Morgan fingerprint density at radius 3 is 2.75 bits per heavy atom. The van der Waals surface area contributed by atoms with Crippen molar-refractivity contribution in [3.05, 3.63) is 30.5 Å². The zero-order valence-corrected chi connectivity index (χ0v) is 10.0. The fourth-order valence-electron chi connectivity index (χ4n) is 1.72. The zero-order valence-electron chi connectivity index (χ0n) is 8.87. The molecule has 0 spiro atoms. The van der Waals surface area contributed by atoms with Gasteiger partial charge in [-0.25, -0.2) is 8.78 Å². The Kier molecular flexibility index (Phi) is 2.85. The molecule has 0 radical (unpaired) electrons. The van der Waals surface area contributed by atoms with Crippen LogP contribution in [0.15, 0.2) is 30.5 Å². The summed E-state index contributed by atoms with van der Waals surface area (Å²) >= 11 is 0. The van der Waals surface area contributed by atoms with Crippen LogP contribution < -0.4 is 5.32 Å².